The van der Waals surface area contributed by atoms with Crippen LogP contribution in [0.3, 0.4) is 0 Å². The molecule has 0 bridgehead atoms. The third-order valence-corrected chi connectivity index (χ3v) is 7.15. The molecule has 1 saturated heterocycles. The number of Topliss-reactive ketones (excluding diaryl/α,β-unsaturated/α-hetero) is 4. The van der Waals surface area contributed by atoms with Gasteiger partial charge in [-0.3, -0.25) is 19.2 Å². The number of aliphatic hydroxyl groups is 4. The average Bonchev–Trinajstić information content (AvgIpc) is 2.90. The summed E-state index contributed by atoms with van der Waals surface area (Å²) in [5.41, 5.74) is -9.92. The largest absolute Gasteiger partial charge is 0.489 e. The predicted molar refractivity (Wildman–Crippen MR) is 133 cm³/mol. The SMILES string of the molecule is CC(=O)C(O)[C@H]1O[C@@H](c2ccc(C#N)c(COc3ccccc3)c2)[C@@](O)(C(C)=O)[C@](O)(C(C)=O)[C@@]1(O)C(C)=O. The number of carbonyl (C=O) groups is 4. The van der Waals surface area contributed by atoms with E-state index >= 15 is 0 Å². The number of hydrogen-bond donors (Lipinski definition) is 4. The molecule has 1 heterocycles. The molecule has 0 saturated carbocycles. The summed E-state index contributed by atoms with van der Waals surface area (Å²) in [4.78, 5) is 50.8. The highest BCUT2D eigenvalue weighted by Crippen LogP contribution is 2.52. The fraction of sp³-hybridized carbons (Fsp3) is 0.393. The minimum Gasteiger partial charge on any atom is -0.489 e. The van der Waals surface area contributed by atoms with Gasteiger partial charge in [0.15, 0.2) is 39.9 Å². The van der Waals surface area contributed by atoms with Gasteiger partial charge in [0, 0.05) is 5.56 Å². The molecule has 3 rings (SSSR count). The molecule has 0 amide bonds. The van der Waals surface area contributed by atoms with Crippen molar-refractivity contribution >= 4 is 23.1 Å². The number of nitriles is 1. The number of benzene rings is 2. The first-order chi connectivity index (χ1) is 18.2. The number of hydrogen-bond acceptors (Lipinski definition) is 11. The molecule has 11 heteroatoms. The molecular weight excluding hydrogens is 510 g/mol. The van der Waals surface area contributed by atoms with E-state index in [-0.39, 0.29) is 23.3 Å². The second-order valence-corrected chi connectivity index (χ2v) is 9.53. The second kappa shape index (κ2) is 10.8. The van der Waals surface area contributed by atoms with Crippen molar-refractivity contribution < 1.29 is 49.1 Å². The zero-order valence-electron chi connectivity index (χ0n) is 21.7. The first-order valence-electron chi connectivity index (χ1n) is 11.9. The molecule has 0 spiro atoms. The van der Waals surface area contributed by atoms with Crippen LogP contribution in [0.4, 0.5) is 0 Å². The summed E-state index contributed by atoms with van der Waals surface area (Å²) < 4.78 is 11.5. The van der Waals surface area contributed by atoms with Crippen LogP contribution in [0, 0.1) is 11.3 Å². The van der Waals surface area contributed by atoms with Crippen molar-refractivity contribution in [2.24, 2.45) is 0 Å². The molecule has 0 aromatic heterocycles. The van der Waals surface area contributed by atoms with Crippen LogP contribution in [0.2, 0.25) is 0 Å². The number of ether oxygens (including phenoxy) is 2. The first kappa shape index (κ1) is 29.8. The van der Waals surface area contributed by atoms with Crippen LogP contribution in [0.5, 0.6) is 5.75 Å². The van der Waals surface area contributed by atoms with Crippen LogP contribution in [0.25, 0.3) is 0 Å². The highest BCUT2D eigenvalue weighted by molar-refractivity contribution is 6.06. The van der Waals surface area contributed by atoms with E-state index in [1.807, 2.05) is 6.07 Å². The van der Waals surface area contributed by atoms with Gasteiger partial charge in [-0.1, -0.05) is 24.3 Å². The number of rotatable bonds is 9. The molecule has 0 aliphatic carbocycles. The van der Waals surface area contributed by atoms with E-state index in [2.05, 4.69) is 0 Å². The molecule has 1 aliphatic heterocycles. The Morgan fingerprint density at radius 3 is 2.03 bits per heavy atom. The quantitative estimate of drug-likeness (QED) is 0.347. The first-order valence-corrected chi connectivity index (χ1v) is 11.9. The summed E-state index contributed by atoms with van der Waals surface area (Å²) in [6, 6.07) is 14.5. The van der Waals surface area contributed by atoms with Crippen molar-refractivity contribution in [1.82, 2.24) is 0 Å². The molecule has 11 nitrogen and oxygen atoms in total. The van der Waals surface area contributed by atoms with Crippen LogP contribution in [-0.4, -0.2) is 72.6 Å². The lowest BCUT2D eigenvalue weighted by atomic mass is 9.57. The third-order valence-electron chi connectivity index (χ3n) is 7.15. The van der Waals surface area contributed by atoms with Gasteiger partial charge in [0.1, 0.15) is 30.7 Å². The Morgan fingerprint density at radius 1 is 0.949 bits per heavy atom. The molecule has 4 N–H and O–H groups in total. The van der Waals surface area contributed by atoms with Crippen LogP contribution in [0.1, 0.15) is 50.5 Å². The van der Waals surface area contributed by atoms with E-state index in [9.17, 15) is 44.9 Å². The zero-order chi connectivity index (χ0) is 29.3. The van der Waals surface area contributed by atoms with Gasteiger partial charge < -0.3 is 29.9 Å². The van der Waals surface area contributed by atoms with Gasteiger partial charge >= 0.3 is 0 Å². The van der Waals surface area contributed by atoms with Crippen molar-refractivity contribution in [3.63, 3.8) is 0 Å². The molecule has 1 unspecified atom stereocenters. The monoisotopic (exact) mass is 539 g/mol. The molecule has 0 radical (unpaired) electrons. The number of carbonyl (C=O) groups excluding carboxylic acids is 4. The van der Waals surface area contributed by atoms with E-state index in [0.29, 0.717) is 5.75 Å². The van der Waals surface area contributed by atoms with Crippen LogP contribution in [-0.2, 0) is 30.5 Å². The number of para-hydroxylation sites is 1. The lowest BCUT2D eigenvalue weighted by Gasteiger charge is -2.58. The minimum atomic E-state index is -3.56. The average molecular weight is 540 g/mol. The smallest absolute Gasteiger partial charge is 0.200 e. The maximum Gasteiger partial charge on any atom is 0.200 e. The summed E-state index contributed by atoms with van der Waals surface area (Å²) in [6.07, 6.45) is -6.51. The molecule has 2 aromatic rings. The minimum absolute atomic E-state index is 0.0793. The summed E-state index contributed by atoms with van der Waals surface area (Å²) in [5, 5.41) is 55.2. The normalized spacial score (nSPS) is 29.1. The fourth-order valence-corrected chi connectivity index (χ4v) is 4.98. The van der Waals surface area contributed by atoms with Crippen LogP contribution < -0.4 is 4.74 Å². The summed E-state index contributed by atoms with van der Waals surface area (Å²) in [7, 11) is 0. The lowest BCUT2D eigenvalue weighted by Crippen LogP contribution is -2.85. The van der Waals surface area contributed by atoms with E-state index in [0.717, 1.165) is 27.7 Å². The Hall–Kier alpha value is -3.79. The van der Waals surface area contributed by atoms with Crippen LogP contribution >= 0.6 is 0 Å². The van der Waals surface area contributed by atoms with Crippen molar-refractivity contribution in [2.45, 2.75) is 69.4 Å². The standard InChI is InChI=1S/C28H29NO10/c1-15(30)23(34)25-27(36,17(3)32)28(37,18(4)33)26(35,16(2)31)24(39-25)19-10-11-20(13-29)21(12-19)14-38-22-8-6-5-7-9-22/h5-12,23-25,34-37H,14H2,1-4H3/t23?,24-,25+,26-,27+,28+/m0/s1. The van der Waals surface area contributed by atoms with Gasteiger partial charge in [-0.25, -0.2) is 0 Å². The summed E-state index contributed by atoms with van der Waals surface area (Å²) in [5.74, 6) is -4.52. The van der Waals surface area contributed by atoms with Gasteiger partial charge in [-0.05, 0) is 57.5 Å². The summed E-state index contributed by atoms with van der Waals surface area (Å²) in [6.45, 7) is 3.07. The molecule has 6 atom stereocenters. The van der Waals surface area contributed by atoms with Crippen molar-refractivity contribution in [1.29, 1.82) is 5.26 Å². The van der Waals surface area contributed by atoms with Crippen molar-refractivity contribution in [3.8, 4) is 11.8 Å². The maximum atomic E-state index is 13.0. The number of nitrogens with zero attached hydrogens (tertiary/aromatic N) is 1. The highest BCUT2D eigenvalue weighted by atomic mass is 16.6. The van der Waals surface area contributed by atoms with Gasteiger partial charge in [-0.15, -0.1) is 0 Å². The third kappa shape index (κ3) is 4.56. The Balaban J connectivity index is 2.27. The Bertz CT molecular complexity index is 1350. The lowest BCUT2D eigenvalue weighted by molar-refractivity contribution is -0.329. The van der Waals surface area contributed by atoms with E-state index in [1.54, 1.807) is 30.3 Å². The number of aliphatic hydroxyl groups excluding tert-OH is 1. The topological polar surface area (TPSA) is 191 Å². The molecule has 39 heavy (non-hydrogen) atoms. The predicted octanol–water partition coefficient (Wildman–Crippen LogP) is 0.487. The van der Waals surface area contributed by atoms with E-state index in [4.69, 9.17) is 9.47 Å². The molecule has 1 aliphatic rings. The van der Waals surface area contributed by atoms with E-state index < -0.39 is 58.2 Å². The van der Waals surface area contributed by atoms with Gasteiger partial charge in [0.2, 0.25) is 0 Å². The fourth-order valence-electron chi connectivity index (χ4n) is 4.98. The maximum absolute atomic E-state index is 13.0. The van der Waals surface area contributed by atoms with Crippen LogP contribution in [0.15, 0.2) is 48.5 Å². The zero-order valence-corrected chi connectivity index (χ0v) is 21.7. The van der Waals surface area contributed by atoms with Gasteiger partial charge in [-0.2, -0.15) is 5.26 Å². The number of ketones is 4. The molecular formula is C28H29NO10. The molecule has 1 fully saturated rings. The molecule has 2 aromatic carbocycles. The Kier molecular flexibility index (Phi) is 8.21. The van der Waals surface area contributed by atoms with E-state index in [1.165, 1.54) is 18.2 Å². The highest BCUT2D eigenvalue weighted by Gasteiger charge is 2.79. The Morgan fingerprint density at radius 2 is 1.54 bits per heavy atom. The van der Waals surface area contributed by atoms with Crippen molar-refractivity contribution in [2.75, 3.05) is 0 Å². The summed E-state index contributed by atoms with van der Waals surface area (Å²) >= 11 is 0. The van der Waals surface area contributed by atoms with Gasteiger partial charge in [0.05, 0.1) is 11.6 Å². The van der Waals surface area contributed by atoms with Crippen molar-refractivity contribution in [3.05, 3.63) is 65.2 Å². The second-order valence-electron chi connectivity index (χ2n) is 9.53. The van der Waals surface area contributed by atoms with Gasteiger partial charge in [0.25, 0.3) is 0 Å². The molecule has 206 valence electrons. The Labute approximate surface area is 224 Å².